The lowest BCUT2D eigenvalue weighted by molar-refractivity contribution is -0.0977. The maximum atomic E-state index is 12.3. The molecule has 0 N–H and O–H groups in total. The molecule has 150 valence electrons. The molecular formula is C22H26O6. The van der Waals surface area contributed by atoms with Crippen LogP contribution in [0.15, 0.2) is 48.5 Å². The summed E-state index contributed by atoms with van der Waals surface area (Å²) in [5.74, 6) is 1.36. The van der Waals surface area contributed by atoms with Crippen molar-refractivity contribution in [2.75, 3.05) is 20.3 Å². The molecule has 1 aliphatic rings. The molecule has 1 saturated heterocycles. The Balaban J connectivity index is 1.55. The number of methoxy groups -OCH3 is 1. The van der Waals surface area contributed by atoms with E-state index in [9.17, 15) is 4.79 Å². The van der Waals surface area contributed by atoms with Gasteiger partial charge in [-0.15, -0.1) is 0 Å². The van der Waals surface area contributed by atoms with Crippen molar-refractivity contribution < 1.29 is 28.5 Å². The standard InChI is InChI=1S/C22H26O6/c1-4-5-20(25-14-22(2)15-26-22)27-18-8-6-16(7-9-18)21(23)28-19-12-10-17(24-3)11-13-19/h6-13,20H,4-5,14-15H2,1-3H3. The number of ether oxygens (including phenoxy) is 5. The van der Waals surface area contributed by atoms with Gasteiger partial charge in [-0.05, 0) is 55.5 Å². The number of benzene rings is 2. The van der Waals surface area contributed by atoms with Crippen molar-refractivity contribution in [2.24, 2.45) is 0 Å². The highest BCUT2D eigenvalue weighted by Gasteiger charge is 2.40. The number of hydrogen-bond acceptors (Lipinski definition) is 6. The summed E-state index contributed by atoms with van der Waals surface area (Å²) in [7, 11) is 1.58. The van der Waals surface area contributed by atoms with Crippen molar-refractivity contribution >= 4 is 5.97 Å². The summed E-state index contributed by atoms with van der Waals surface area (Å²) in [5.41, 5.74) is 0.264. The molecule has 0 aromatic heterocycles. The number of hydrogen-bond donors (Lipinski definition) is 0. The molecule has 2 unspecified atom stereocenters. The molecule has 0 saturated carbocycles. The van der Waals surface area contributed by atoms with Gasteiger partial charge >= 0.3 is 5.97 Å². The highest BCUT2D eigenvalue weighted by atomic mass is 16.7. The molecule has 0 radical (unpaired) electrons. The van der Waals surface area contributed by atoms with Crippen molar-refractivity contribution in [2.45, 2.75) is 38.6 Å². The minimum atomic E-state index is -0.433. The predicted molar refractivity (Wildman–Crippen MR) is 104 cm³/mol. The van der Waals surface area contributed by atoms with E-state index in [-0.39, 0.29) is 11.9 Å². The Kier molecular flexibility index (Phi) is 6.54. The van der Waals surface area contributed by atoms with Crippen LogP contribution in [-0.2, 0) is 9.47 Å². The lowest BCUT2D eigenvalue weighted by atomic mass is 10.2. The quantitative estimate of drug-likeness (QED) is 0.264. The van der Waals surface area contributed by atoms with Crippen LogP contribution in [0.4, 0.5) is 0 Å². The lowest BCUT2D eigenvalue weighted by Gasteiger charge is -2.20. The average molecular weight is 386 g/mol. The van der Waals surface area contributed by atoms with Crippen molar-refractivity contribution in [3.05, 3.63) is 54.1 Å². The monoisotopic (exact) mass is 386 g/mol. The molecule has 6 heteroatoms. The first kappa shape index (κ1) is 20.2. The topological polar surface area (TPSA) is 66.5 Å². The Bertz CT molecular complexity index is 765. The van der Waals surface area contributed by atoms with Crippen LogP contribution in [0.1, 0.15) is 37.0 Å². The molecule has 1 heterocycles. The minimum Gasteiger partial charge on any atom is -0.497 e. The number of epoxide rings is 1. The first-order valence-corrected chi connectivity index (χ1v) is 9.40. The summed E-state index contributed by atoms with van der Waals surface area (Å²) < 4.78 is 27.5. The molecule has 3 rings (SSSR count). The van der Waals surface area contributed by atoms with Gasteiger partial charge < -0.3 is 23.7 Å². The van der Waals surface area contributed by atoms with Crippen LogP contribution in [0.25, 0.3) is 0 Å². The van der Waals surface area contributed by atoms with Gasteiger partial charge in [-0.2, -0.15) is 0 Å². The number of esters is 1. The smallest absolute Gasteiger partial charge is 0.343 e. The summed E-state index contributed by atoms with van der Waals surface area (Å²) in [6.45, 7) is 5.31. The molecule has 1 aliphatic heterocycles. The third-order valence-corrected chi connectivity index (χ3v) is 4.36. The van der Waals surface area contributed by atoms with Gasteiger partial charge in [0.1, 0.15) is 22.8 Å². The first-order valence-electron chi connectivity index (χ1n) is 9.40. The Morgan fingerprint density at radius 3 is 2.25 bits per heavy atom. The van der Waals surface area contributed by atoms with Crippen LogP contribution in [0.2, 0.25) is 0 Å². The van der Waals surface area contributed by atoms with Gasteiger partial charge in [-0.25, -0.2) is 4.79 Å². The molecule has 1 fully saturated rings. The van der Waals surface area contributed by atoms with Crippen LogP contribution in [0.5, 0.6) is 17.2 Å². The van der Waals surface area contributed by atoms with Gasteiger partial charge in [-0.3, -0.25) is 0 Å². The van der Waals surface area contributed by atoms with Gasteiger partial charge in [0, 0.05) is 6.42 Å². The second-order valence-electron chi connectivity index (χ2n) is 6.98. The van der Waals surface area contributed by atoms with E-state index in [1.807, 2.05) is 6.92 Å². The number of carbonyl (C=O) groups is 1. The van der Waals surface area contributed by atoms with E-state index in [0.717, 1.165) is 19.4 Å². The highest BCUT2D eigenvalue weighted by Crippen LogP contribution is 2.27. The van der Waals surface area contributed by atoms with E-state index < -0.39 is 5.97 Å². The predicted octanol–water partition coefficient (Wildman–Crippen LogP) is 4.22. The Hall–Kier alpha value is -2.57. The fourth-order valence-electron chi connectivity index (χ4n) is 2.52. The van der Waals surface area contributed by atoms with E-state index in [1.165, 1.54) is 0 Å². The molecule has 2 aromatic carbocycles. The Morgan fingerprint density at radius 1 is 1.07 bits per heavy atom. The largest absolute Gasteiger partial charge is 0.497 e. The van der Waals surface area contributed by atoms with Crippen molar-refractivity contribution in [1.82, 2.24) is 0 Å². The van der Waals surface area contributed by atoms with E-state index >= 15 is 0 Å². The van der Waals surface area contributed by atoms with Gasteiger partial charge in [0.15, 0.2) is 6.29 Å². The van der Waals surface area contributed by atoms with E-state index in [4.69, 9.17) is 23.7 Å². The van der Waals surface area contributed by atoms with Crippen molar-refractivity contribution in [1.29, 1.82) is 0 Å². The molecule has 6 nitrogen and oxygen atoms in total. The Morgan fingerprint density at radius 2 is 1.68 bits per heavy atom. The minimum absolute atomic E-state index is 0.176. The zero-order valence-corrected chi connectivity index (χ0v) is 16.5. The SMILES string of the molecule is CCCC(OCC1(C)CO1)Oc1ccc(C(=O)Oc2ccc(OC)cc2)cc1. The summed E-state index contributed by atoms with van der Waals surface area (Å²) in [6, 6.07) is 13.7. The van der Waals surface area contributed by atoms with Gasteiger partial charge in [0.2, 0.25) is 0 Å². The van der Waals surface area contributed by atoms with E-state index in [1.54, 1.807) is 55.6 Å². The van der Waals surface area contributed by atoms with E-state index in [2.05, 4.69) is 6.92 Å². The van der Waals surface area contributed by atoms with Crippen LogP contribution in [-0.4, -0.2) is 38.2 Å². The maximum absolute atomic E-state index is 12.3. The zero-order valence-electron chi connectivity index (χ0n) is 16.5. The molecule has 28 heavy (non-hydrogen) atoms. The number of carbonyl (C=O) groups excluding carboxylic acids is 1. The summed E-state index contributed by atoms with van der Waals surface area (Å²) >= 11 is 0. The van der Waals surface area contributed by atoms with Crippen LogP contribution >= 0.6 is 0 Å². The second-order valence-corrected chi connectivity index (χ2v) is 6.98. The van der Waals surface area contributed by atoms with Gasteiger partial charge in [-0.1, -0.05) is 13.3 Å². The molecule has 2 aromatic rings. The molecule has 2 atom stereocenters. The fraction of sp³-hybridized carbons (Fsp3) is 0.409. The highest BCUT2D eigenvalue weighted by molar-refractivity contribution is 5.91. The van der Waals surface area contributed by atoms with Crippen molar-refractivity contribution in [3.63, 3.8) is 0 Å². The molecule has 0 bridgehead atoms. The average Bonchev–Trinajstić information content (AvgIpc) is 3.45. The molecule has 0 amide bonds. The summed E-state index contributed by atoms with van der Waals surface area (Å²) in [4.78, 5) is 12.3. The van der Waals surface area contributed by atoms with Crippen LogP contribution < -0.4 is 14.2 Å². The third kappa shape index (κ3) is 5.71. The number of rotatable bonds is 10. The Labute approximate surface area is 165 Å². The molecule has 0 spiro atoms. The van der Waals surface area contributed by atoms with Gasteiger partial charge in [0.25, 0.3) is 0 Å². The van der Waals surface area contributed by atoms with Gasteiger partial charge in [0.05, 0.1) is 25.9 Å². The summed E-state index contributed by atoms with van der Waals surface area (Å²) in [5, 5.41) is 0. The molecule has 0 aliphatic carbocycles. The fourth-order valence-corrected chi connectivity index (χ4v) is 2.52. The zero-order chi connectivity index (χ0) is 20.0. The van der Waals surface area contributed by atoms with E-state index in [0.29, 0.717) is 29.4 Å². The normalized spacial score (nSPS) is 19.0. The van der Waals surface area contributed by atoms with Crippen molar-refractivity contribution in [3.8, 4) is 17.2 Å². The second kappa shape index (κ2) is 9.08. The first-order chi connectivity index (χ1) is 13.5. The summed E-state index contributed by atoms with van der Waals surface area (Å²) in [6.07, 6.45) is 1.37. The molecular weight excluding hydrogens is 360 g/mol. The maximum Gasteiger partial charge on any atom is 0.343 e. The lowest BCUT2D eigenvalue weighted by Crippen LogP contribution is -2.26. The van der Waals surface area contributed by atoms with Crippen LogP contribution in [0, 0.1) is 0 Å². The van der Waals surface area contributed by atoms with Crippen LogP contribution in [0.3, 0.4) is 0 Å². The third-order valence-electron chi connectivity index (χ3n) is 4.36.